The first-order valence-corrected chi connectivity index (χ1v) is 6.05. The molecule has 1 aromatic carbocycles. The summed E-state index contributed by atoms with van der Waals surface area (Å²) < 4.78 is 1.94. The van der Waals surface area contributed by atoms with Crippen LogP contribution in [0.2, 0.25) is 0 Å². The number of rotatable bonds is 4. The monoisotopic (exact) mass is 229 g/mol. The Hall–Kier alpha value is -1.61. The molecule has 0 bridgehead atoms. The predicted molar refractivity (Wildman–Crippen MR) is 70.0 cm³/mol. The maximum atomic E-state index is 5.86. The van der Waals surface area contributed by atoms with E-state index in [1.54, 1.807) is 0 Å². The molecule has 3 nitrogen and oxygen atoms in total. The molecule has 1 atom stereocenters. The van der Waals surface area contributed by atoms with Crippen LogP contribution in [-0.4, -0.2) is 16.3 Å². The number of hydrogen-bond donors (Lipinski definition) is 1. The molecule has 1 unspecified atom stereocenters. The van der Waals surface area contributed by atoms with Gasteiger partial charge in [-0.15, -0.1) is 0 Å². The van der Waals surface area contributed by atoms with E-state index in [0.29, 0.717) is 6.54 Å². The van der Waals surface area contributed by atoms with Gasteiger partial charge in [-0.2, -0.15) is 5.10 Å². The van der Waals surface area contributed by atoms with Crippen molar-refractivity contribution in [1.82, 2.24) is 9.78 Å². The van der Waals surface area contributed by atoms with Crippen molar-refractivity contribution in [2.24, 2.45) is 5.73 Å². The maximum absolute atomic E-state index is 5.86. The third kappa shape index (κ3) is 2.56. The minimum atomic E-state index is 0.134. The van der Waals surface area contributed by atoms with Crippen molar-refractivity contribution in [2.75, 3.05) is 6.54 Å². The van der Waals surface area contributed by atoms with Crippen LogP contribution in [0.3, 0.4) is 0 Å². The number of hydrogen-bond acceptors (Lipinski definition) is 2. The fourth-order valence-corrected chi connectivity index (χ4v) is 1.98. The molecule has 2 N–H and O–H groups in total. The molecule has 0 fully saturated rings. The standard InChI is InChI=1S/C14H19N3/c1-3-12-4-6-13(7-5-12)14(10-15)17-9-8-11(2)16-17/h4-9,14H,3,10,15H2,1-2H3. The third-order valence-electron chi connectivity index (χ3n) is 3.06. The molecule has 0 saturated carbocycles. The average molecular weight is 229 g/mol. The van der Waals surface area contributed by atoms with Gasteiger partial charge in [0.05, 0.1) is 11.7 Å². The highest BCUT2D eigenvalue weighted by atomic mass is 15.3. The lowest BCUT2D eigenvalue weighted by Crippen LogP contribution is -2.21. The molecule has 0 amide bonds. The predicted octanol–water partition coefficient (Wildman–Crippen LogP) is 2.30. The summed E-state index contributed by atoms with van der Waals surface area (Å²) in [5.41, 5.74) is 9.44. The topological polar surface area (TPSA) is 43.8 Å². The van der Waals surface area contributed by atoms with Crippen LogP contribution in [0.15, 0.2) is 36.5 Å². The number of nitrogens with zero attached hydrogens (tertiary/aromatic N) is 2. The van der Waals surface area contributed by atoms with E-state index in [1.807, 2.05) is 23.9 Å². The van der Waals surface area contributed by atoms with Gasteiger partial charge >= 0.3 is 0 Å². The fourth-order valence-electron chi connectivity index (χ4n) is 1.98. The van der Waals surface area contributed by atoms with Gasteiger partial charge in [-0.1, -0.05) is 31.2 Å². The Labute approximate surface area is 102 Å². The second kappa shape index (κ2) is 5.15. The normalized spacial score (nSPS) is 12.6. The Balaban J connectivity index is 2.28. The van der Waals surface area contributed by atoms with E-state index < -0.39 is 0 Å². The molecule has 0 spiro atoms. The lowest BCUT2D eigenvalue weighted by Gasteiger charge is -2.16. The van der Waals surface area contributed by atoms with Crippen molar-refractivity contribution in [1.29, 1.82) is 0 Å². The van der Waals surface area contributed by atoms with Crippen LogP contribution in [0.5, 0.6) is 0 Å². The highest BCUT2D eigenvalue weighted by molar-refractivity contribution is 5.25. The van der Waals surface area contributed by atoms with E-state index in [4.69, 9.17) is 5.73 Å². The highest BCUT2D eigenvalue weighted by Gasteiger charge is 2.12. The summed E-state index contributed by atoms with van der Waals surface area (Å²) in [4.78, 5) is 0. The Morgan fingerprint density at radius 3 is 2.41 bits per heavy atom. The van der Waals surface area contributed by atoms with Gasteiger partial charge in [-0.3, -0.25) is 4.68 Å². The number of benzene rings is 1. The summed E-state index contributed by atoms with van der Waals surface area (Å²) in [6, 6.07) is 10.8. The zero-order valence-electron chi connectivity index (χ0n) is 10.4. The minimum Gasteiger partial charge on any atom is -0.328 e. The molecule has 0 aliphatic heterocycles. The zero-order chi connectivity index (χ0) is 12.3. The molecule has 0 aliphatic carbocycles. The van der Waals surface area contributed by atoms with Crippen LogP contribution in [-0.2, 0) is 6.42 Å². The molecule has 0 saturated heterocycles. The average Bonchev–Trinajstić information content (AvgIpc) is 2.78. The largest absolute Gasteiger partial charge is 0.328 e. The van der Waals surface area contributed by atoms with Gasteiger partial charge in [0.1, 0.15) is 0 Å². The molecule has 3 heteroatoms. The fraction of sp³-hybridized carbons (Fsp3) is 0.357. The van der Waals surface area contributed by atoms with Crippen LogP contribution < -0.4 is 5.73 Å². The van der Waals surface area contributed by atoms with Gasteiger partial charge in [0.2, 0.25) is 0 Å². The van der Waals surface area contributed by atoms with Crippen LogP contribution >= 0.6 is 0 Å². The summed E-state index contributed by atoms with van der Waals surface area (Å²) in [6.45, 7) is 4.71. The van der Waals surface area contributed by atoms with E-state index in [9.17, 15) is 0 Å². The van der Waals surface area contributed by atoms with E-state index in [-0.39, 0.29) is 6.04 Å². The van der Waals surface area contributed by atoms with E-state index in [1.165, 1.54) is 11.1 Å². The highest BCUT2D eigenvalue weighted by Crippen LogP contribution is 2.17. The summed E-state index contributed by atoms with van der Waals surface area (Å²) in [6.07, 6.45) is 3.05. The van der Waals surface area contributed by atoms with Crippen molar-refractivity contribution in [3.63, 3.8) is 0 Å². The Morgan fingerprint density at radius 2 is 1.94 bits per heavy atom. The van der Waals surface area contributed by atoms with E-state index in [2.05, 4.69) is 36.3 Å². The molecule has 2 rings (SSSR count). The van der Waals surface area contributed by atoms with Gasteiger partial charge < -0.3 is 5.73 Å². The van der Waals surface area contributed by atoms with E-state index in [0.717, 1.165) is 12.1 Å². The first-order valence-electron chi connectivity index (χ1n) is 6.05. The summed E-state index contributed by atoms with van der Waals surface area (Å²) in [5, 5.41) is 4.44. The van der Waals surface area contributed by atoms with Crippen molar-refractivity contribution in [3.05, 3.63) is 53.3 Å². The first kappa shape index (κ1) is 11.9. The lowest BCUT2D eigenvalue weighted by molar-refractivity contribution is 0.529. The zero-order valence-corrected chi connectivity index (χ0v) is 10.4. The second-order valence-corrected chi connectivity index (χ2v) is 4.28. The van der Waals surface area contributed by atoms with Crippen molar-refractivity contribution >= 4 is 0 Å². The number of aromatic nitrogens is 2. The number of nitrogens with two attached hydrogens (primary N) is 1. The van der Waals surface area contributed by atoms with Gasteiger partial charge in [-0.25, -0.2) is 0 Å². The minimum absolute atomic E-state index is 0.134. The quantitative estimate of drug-likeness (QED) is 0.874. The van der Waals surface area contributed by atoms with Gasteiger partial charge in [0, 0.05) is 12.7 Å². The molecule has 90 valence electrons. The van der Waals surface area contributed by atoms with Crippen molar-refractivity contribution < 1.29 is 0 Å². The van der Waals surface area contributed by atoms with Crippen LogP contribution in [0.1, 0.15) is 29.8 Å². The summed E-state index contributed by atoms with van der Waals surface area (Å²) >= 11 is 0. The van der Waals surface area contributed by atoms with Crippen LogP contribution in [0.4, 0.5) is 0 Å². The van der Waals surface area contributed by atoms with Gasteiger partial charge in [0.25, 0.3) is 0 Å². The SMILES string of the molecule is CCc1ccc(C(CN)n2ccc(C)n2)cc1. The molecule has 2 aromatic rings. The third-order valence-corrected chi connectivity index (χ3v) is 3.06. The molecule has 0 radical (unpaired) electrons. The van der Waals surface area contributed by atoms with Crippen molar-refractivity contribution in [3.8, 4) is 0 Å². The Kier molecular flexibility index (Phi) is 3.59. The Bertz CT molecular complexity index is 470. The van der Waals surface area contributed by atoms with Crippen LogP contribution in [0.25, 0.3) is 0 Å². The smallest absolute Gasteiger partial charge is 0.0890 e. The lowest BCUT2D eigenvalue weighted by atomic mass is 10.0. The second-order valence-electron chi connectivity index (χ2n) is 4.28. The molecule has 17 heavy (non-hydrogen) atoms. The van der Waals surface area contributed by atoms with Gasteiger partial charge in [-0.05, 0) is 30.5 Å². The molecular formula is C14H19N3. The Morgan fingerprint density at radius 1 is 1.24 bits per heavy atom. The number of aryl methyl sites for hydroxylation is 2. The maximum Gasteiger partial charge on any atom is 0.0890 e. The summed E-state index contributed by atoms with van der Waals surface area (Å²) in [7, 11) is 0. The summed E-state index contributed by atoms with van der Waals surface area (Å²) in [5.74, 6) is 0. The van der Waals surface area contributed by atoms with E-state index >= 15 is 0 Å². The molecule has 0 aliphatic rings. The molecule has 1 aromatic heterocycles. The first-order chi connectivity index (χ1) is 8.24. The molecule has 1 heterocycles. The van der Waals surface area contributed by atoms with Crippen LogP contribution in [0, 0.1) is 6.92 Å². The van der Waals surface area contributed by atoms with Gasteiger partial charge in [0.15, 0.2) is 0 Å². The van der Waals surface area contributed by atoms with Crippen molar-refractivity contribution in [2.45, 2.75) is 26.3 Å². The molecular weight excluding hydrogens is 210 g/mol.